The highest BCUT2D eigenvalue weighted by Gasteiger charge is 2.10. The summed E-state index contributed by atoms with van der Waals surface area (Å²) in [5.41, 5.74) is -0.0247. The second-order valence-corrected chi connectivity index (χ2v) is 4.38. The molecule has 5 nitrogen and oxygen atoms in total. The van der Waals surface area contributed by atoms with E-state index in [-0.39, 0.29) is 18.6 Å². The number of aliphatic hydroxyl groups is 2. The molecule has 0 fully saturated rings. The van der Waals surface area contributed by atoms with Gasteiger partial charge in [0.2, 0.25) is 0 Å². The molecule has 0 amide bonds. The van der Waals surface area contributed by atoms with E-state index in [9.17, 15) is 4.57 Å². The van der Waals surface area contributed by atoms with Crippen LogP contribution in [-0.2, 0) is 9.09 Å². The van der Waals surface area contributed by atoms with E-state index < -0.39 is 8.25 Å². The minimum Gasteiger partial charge on any atom is -0.394 e. The predicted molar refractivity (Wildman–Crippen MR) is 50.8 cm³/mol. The number of hydrogen-bond donors (Lipinski definition) is 3. The molecule has 0 spiro atoms. The highest BCUT2D eigenvalue weighted by molar-refractivity contribution is 7.32. The highest BCUT2D eigenvalue weighted by Crippen LogP contribution is 2.21. The third-order valence-electron chi connectivity index (χ3n) is 0.729. The van der Waals surface area contributed by atoms with Gasteiger partial charge in [-0.3, -0.25) is 4.57 Å². The molecule has 82 valence electrons. The Hall–Kier alpha value is 0.0700. The molecule has 0 radical (unpaired) electrons. The molecule has 0 heterocycles. The van der Waals surface area contributed by atoms with Gasteiger partial charge in [-0.1, -0.05) is 20.8 Å². The minimum absolute atomic E-state index is 0.0247. The molecule has 0 aromatic carbocycles. The Labute approximate surface area is 79.3 Å². The van der Waals surface area contributed by atoms with Gasteiger partial charge in [0.25, 0.3) is 0 Å². The first kappa shape index (κ1) is 15.5. The summed E-state index contributed by atoms with van der Waals surface area (Å²) in [4.78, 5) is 8.24. The zero-order valence-corrected chi connectivity index (χ0v) is 9.28. The Balaban J connectivity index is 0. The zero-order chi connectivity index (χ0) is 10.9. The Bertz CT molecular complexity index is 129. The van der Waals surface area contributed by atoms with Crippen molar-refractivity contribution in [1.29, 1.82) is 0 Å². The van der Waals surface area contributed by atoms with Gasteiger partial charge in [0.05, 0.1) is 19.8 Å². The third-order valence-corrected chi connectivity index (χ3v) is 1.12. The van der Waals surface area contributed by atoms with Crippen LogP contribution in [0, 0.1) is 5.41 Å². The maximum absolute atomic E-state index is 10.0. The molecule has 0 aromatic heterocycles. The van der Waals surface area contributed by atoms with Crippen molar-refractivity contribution < 1.29 is 24.2 Å². The molecule has 0 saturated heterocycles. The van der Waals surface area contributed by atoms with Crippen LogP contribution in [0.15, 0.2) is 0 Å². The van der Waals surface area contributed by atoms with Gasteiger partial charge in [0.1, 0.15) is 0 Å². The van der Waals surface area contributed by atoms with Crippen LogP contribution in [0.5, 0.6) is 0 Å². The van der Waals surface area contributed by atoms with E-state index in [1.54, 1.807) is 0 Å². The van der Waals surface area contributed by atoms with E-state index in [1.807, 2.05) is 20.8 Å². The van der Waals surface area contributed by atoms with Crippen molar-refractivity contribution in [3.05, 3.63) is 0 Å². The Morgan fingerprint density at radius 2 is 1.62 bits per heavy atom. The van der Waals surface area contributed by atoms with Crippen LogP contribution >= 0.6 is 8.25 Å². The third kappa shape index (κ3) is 24.5. The summed E-state index contributed by atoms with van der Waals surface area (Å²) in [6, 6.07) is 0. The van der Waals surface area contributed by atoms with Crippen LogP contribution in [0.1, 0.15) is 20.8 Å². The average molecular weight is 214 g/mol. The molecule has 13 heavy (non-hydrogen) atoms. The van der Waals surface area contributed by atoms with E-state index >= 15 is 0 Å². The fraction of sp³-hybridized carbons (Fsp3) is 1.00. The number of rotatable bonds is 3. The van der Waals surface area contributed by atoms with Crippen LogP contribution in [0.2, 0.25) is 0 Å². The van der Waals surface area contributed by atoms with Crippen molar-refractivity contribution in [2.24, 2.45) is 5.41 Å². The van der Waals surface area contributed by atoms with E-state index in [0.29, 0.717) is 6.61 Å². The standard InChI is InChI=1S/C5H13O3P.C2H6O2/c1-5(2,3)4-8-9(6)7;3-1-2-4/h9H,4H2,1-3H3,(H,6,7);3-4H,1-2H2. The van der Waals surface area contributed by atoms with Crippen molar-refractivity contribution in [3.63, 3.8) is 0 Å². The molecule has 0 aliphatic carbocycles. The predicted octanol–water partition coefficient (Wildman–Crippen LogP) is 0.402. The van der Waals surface area contributed by atoms with E-state index in [1.165, 1.54) is 0 Å². The van der Waals surface area contributed by atoms with Gasteiger partial charge in [-0.2, -0.15) is 0 Å². The van der Waals surface area contributed by atoms with Crippen LogP contribution in [0.3, 0.4) is 0 Å². The summed E-state index contributed by atoms with van der Waals surface area (Å²) in [5, 5.41) is 15.2. The molecule has 0 aromatic rings. The first-order valence-corrected chi connectivity index (χ1v) is 5.17. The van der Waals surface area contributed by atoms with Crippen molar-refractivity contribution in [1.82, 2.24) is 0 Å². The first-order valence-electron chi connectivity index (χ1n) is 3.91. The van der Waals surface area contributed by atoms with Crippen LogP contribution in [0.4, 0.5) is 0 Å². The van der Waals surface area contributed by atoms with Crippen LogP contribution in [0.25, 0.3) is 0 Å². The summed E-state index contributed by atoms with van der Waals surface area (Å²) in [7, 11) is -2.72. The van der Waals surface area contributed by atoms with Crippen molar-refractivity contribution >= 4 is 8.25 Å². The summed E-state index contributed by atoms with van der Waals surface area (Å²) in [6.45, 7) is 5.91. The maximum atomic E-state index is 10.0. The van der Waals surface area contributed by atoms with Gasteiger partial charge in [-0.15, -0.1) is 0 Å². The van der Waals surface area contributed by atoms with Gasteiger partial charge in [-0.05, 0) is 5.41 Å². The van der Waals surface area contributed by atoms with Gasteiger partial charge in [0.15, 0.2) is 0 Å². The van der Waals surface area contributed by atoms with E-state index in [4.69, 9.17) is 15.1 Å². The smallest absolute Gasteiger partial charge is 0.316 e. The second kappa shape index (κ2) is 8.66. The normalized spacial score (nSPS) is 13.1. The molecule has 0 bridgehead atoms. The molecule has 0 saturated carbocycles. The van der Waals surface area contributed by atoms with Crippen LogP contribution < -0.4 is 0 Å². The molecule has 0 aliphatic heterocycles. The van der Waals surface area contributed by atoms with Gasteiger partial charge in [0, 0.05) is 0 Å². The van der Waals surface area contributed by atoms with Gasteiger partial charge >= 0.3 is 8.25 Å². The van der Waals surface area contributed by atoms with Crippen LogP contribution in [-0.4, -0.2) is 34.9 Å². The topological polar surface area (TPSA) is 87.0 Å². The molecule has 0 aliphatic rings. The van der Waals surface area contributed by atoms with Gasteiger partial charge < -0.3 is 19.6 Å². The SMILES string of the molecule is CC(C)(C)CO[PH](=O)O.OCCO. The molecule has 6 heteroatoms. The number of aliphatic hydroxyl groups excluding tert-OH is 2. The fourth-order valence-electron chi connectivity index (χ4n) is 0.278. The second-order valence-electron chi connectivity index (χ2n) is 3.56. The average Bonchev–Trinajstić information content (AvgIpc) is 2.00. The lowest BCUT2D eigenvalue weighted by molar-refractivity contribution is 0.186. The molecule has 0 rings (SSSR count). The Morgan fingerprint density at radius 1 is 1.23 bits per heavy atom. The first-order chi connectivity index (χ1) is 5.83. The summed E-state index contributed by atoms with van der Waals surface area (Å²) < 4.78 is 14.5. The molecule has 3 N–H and O–H groups in total. The lowest BCUT2D eigenvalue weighted by Crippen LogP contribution is -2.11. The fourth-order valence-corrected chi connectivity index (χ4v) is 0.835. The summed E-state index contributed by atoms with van der Waals surface area (Å²) >= 11 is 0. The monoisotopic (exact) mass is 214 g/mol. The molecule has 1 unspecified atom stereocenters. The molecule has 1 atom stereocenters. The summed E-state index contributed by atoms with van der Waals surface area (Å²) in [5.74, 6) is 0. The highest BCUT2D eigenvalue weighted by atomic mass is 31.1. The van der Waals surface area contributed by atoms with E-state index in [0.717, 1.165) is 0 Å². The minimum atomic E-state index is -2.72. The zero-order valence-electron chi connectivity index (χ0n) is 8.28. The van der Waals surface area contributed by atoms with E-state index in [2.05, 4.69) is 4.52 Å². The maximum Gasteiger partial charge on any atom is 0.316 e. The van der Waals surface area contributed by atoms with Crippen molar-refractivity contribution in [3.8, 4) is 0 Å². The number of hydrogen-bond acceptors (Lipinski definition) is 4. The largest absolute Gasteiger partial charge is 0.394 e. The molecular formula is C7H19O5P. The lowest BCUT2D eigenvalue weighted by Gasteiger charge is -2.15. The Morgan fingerprint density at radius 3 is 1.69 bits per heavy atom. The van der Waals surface area contributed by atoms with Crippen molar-refractivity contribution in [2.45, 2.75) is 20.8 Å². The Kier molecular flexibility index (Phi) is 10.3. The van der Waals surface area contributed by atoms with Crippen molar-refractivity contribution in [2.75, 3.05) is 19.8 Å². The quantitative estimate of drug-likeness (QED) is 0.592. The summed E-state index contributed by atoms with van der Waals surface area (Å²) in [6.07, 6.45) is 0. The lowest BCUT2D eigenvalue weighted by atomic mass is 9.99. The van der Waals surface area contributed by atoms with Gasteiger partial charge in [-0.25, -0.2) is 0 Å². The molecular weight excluding hydrogens is 195 g/mol.